The third-order valence-corrected chi connectivity index (χ3v) is 9.17. The van der Waals surface area contributed by atoms with Crippen LogP contribution in [0.4, 0.5) is 0 Å². The van der Waals surface area contributed by atoms with Gasteiger partial charge in [0.25, 0.3) is 0 Å². The molecule has 0 radical (unpaired) electrons. The zero-order valence-electron chi connectivity index (χ0n) is 20.9. The average Bonchev–Trinajstić information content (AvgIpc) is 2.82. The van der Waals surface area contributed by atoms with Crippen LogP contribution in [-0.2, 0) is 9.53 Å². The third-order valence-electron chi connectivity index (χ3n) is 9.17. The molecule has 0 heterocycles. The highest BCUT2D eigenvalue weighted by Crippen LogP contribution is 2.43. The second-order valence-electron chi connectivity index (χ2n) is 11.5. The molecule has 0 aromatic rings. The molecule has 180 valence electrons. The SMILES string of the molecule is CCCCCCC1CCC(C2CCC(C(=O)OC3CCC(CCCC)CC3)CC2)CC1. The lowest BCUT2D eigenvalue weighted by molar-refractivity contribution is -0.157. The molecule has 31 heavy (non-hydrogen) atoms. The van der Waals surface area contributed by atoms with E-state index in [1.54, 1.807) is 0 Å². The van der Waals surface area contributed by atoms with E-state index < -0.39 is 0 Å². The van der Waals surface area contributed by atoms with Gasteiger partial charge < -0.3 is 4.74 Å². The minimum Gasteiger partial charge on any atom is -0.462 e. The molecule has 0 unspecified atom stereocenters. The number of ether oxygens (including phenoxy) is 1. The Hall–Kier alpha value is -0.530. The van der Waals surface area contributed by atoms with E-state index in [-0.39, 0.29) is 18.0 Å². The molecule has 0 atom stereocenters. The van der Waals surface area contributed by atoms with Crippen LogP contribution in [0.5, 0.6) is 0 Å². The smallest absolute Gasteiger partial charge is 0.309 e. The lowest BCUT2D eigenvalue weighted by atomic mass is 9.68. The van der Waals surface area contributed by atoms with Gasteiger partial charge in [-0.15, -0.1) is 0 Å². The van der Waals surface area contributed by atoms with Crippen LogP contribution in [0.1, 0.15) is 142 Å². The molecule has 0 aromatic heterocycles. The Kier molecular flexibility index (Phi) is 11.2. The Labute approximate surface area is 193 Å². The van der Waals surface area contributed by atoms with Gasteiger partial charge in [-0.05, 0) is 87.9 Å². The molecule has 0 aromatic carbocycles. The molecule has 0 aliphatic heterocycles. The Morgan fingerprint density at radius 3 is 1.71 bits per heavy atom. The van der Waals surface area contributed by atoms with Gasteiger partial charge in [0.15, 0.2) is 0 Å². The first-order valence-electron chi connectivity index (χ1n) is 14.4. The van der Waals surface area contributed by atoms with Crippen molar-refractivity contribution < 1.29 is 9.53 Å². The lowest BCUT2D eigenvalue weighted by Gasteiger charge is -2.38. The summed E-state index contributed by atoms with van der Waals surface area (Å²) in [6.45, 7) is 4.59. The van der Waals surface area contributed by atoms with Crippen LogP contribution < -0.4 is 0 Å². The van der Waals surface area contributed by atoms with Crippen molar-refractivity contribution in [2.75, 3.05) is 0 Å². The highest BCUT2D eigenvalue weighted by atomic mass is 16.5. The molecule has 2 heteroatoms. The molecule has 3 fully saturated rings. The predicted octanol–water partition coefficient (Wildman–Crippen LogP) is 8.86. The normalized spacial score (nSPS) is 34.4. The van der Waals surface area contributed by atoms with Crippen molar-refractivity contribution in [2.24, 2.45) is 29.6 Å². The number of hydrogen-bond acceptors (Lipinski definition) is 2. The zero-order valence-corrected chi connectivity index (χ0v) is 20.9. The van der Waals surface area contributed by atoms with Gasteiger partial charge in [-0.25, -0.2) is 0 Å². The van der Waals surface area contributed by atoms with Gasteiger partial charge in [-0.2, -0.15) is 0 Å². The van der Waals surface area contributed by atoms with Crippen molar-refractivity contribution in [1.82, 2.24) is 0 Å². The fourth-order valence-corrected chi connectivity index (χ4v) is 6.93. The molecule has 0 N–H and O–H groups in total. The van der Waals surface area contributed by atoms with E-state index in [1.165, 1.54) is 103 Å². The summed E-state index contributed by atoms with van der Waals surface area (Å²) in [6.07, 6.45) is 26.7. The van der Waals surface area contributed by atoms with Crippen LogP contribution in [0.3, 0.4) is 0 Å². The topological polar surface area (TPSA) is 26.3 Å². The van der Waals surface area contributed by atoms with E-state index in [2.05, 4.69) is 13.8 Å². The van der Waals surface area contributed by atoms with Gasteiger partial charge in [-0.1, -0.05) is 78.1 Å². The zero-order chi connectivity index (χ0) is 21.9. The molecule has 0 bridgehead atoms. The second kappa shape index (κ2) is 13.9. The van der Waals surface area contributed by atoms with Gasteiger partial charge in [0.05, 0.1) is 5.92 Å². The number of esters is 1. The predicted molar refractivity (Wildman–Crippen MR) is 131 cm³/mol. The maximum absolute atomic E-state index is 12.8. The number of carbonyl (C=O) groups is 1. The summed E-state index contributed by atoms with van der Waals surface area (Å²) >= 11 is 0. The molecule has 0 amide bonds. The molecule has 0 saturated heterocycles. The van der Waals surface area contributed by atoms with Crippen molar-refractivity contribution in [2.45, 2.75) is 148 Å². The number of unbranched alkanes of at least 4 members (excludes halogenated alkanes) is 4. The average molecular weight is 433 g/mol. The van der Waals surface area contributed by atoms with E-state index in [1.807, 2.05) is 0 Å². The number of carbonyl (C=O) groups excluding carboxylic acids is 1. The summed E-state index contributed by atoms with van der Waals surface area (Å²) in [5, 5.41) is 0. The quantitative estimate of drug-likeness (QED) is 0.241. The highest BCUT2D eigenvalue weighted by molar-refractivity contribution is 5.72. The minimum atomic E-state index is 0.145. The standard InChI is InChI=1S/C29H52O2/c1-3-5-7-8-10-24-11-15-25(16-12-24)26-17-19-27(20-18-26)29(30)31-28-21-13-23(14-22-28)9-6-4-2/h23-28H,3-22H2,1-2H3. The van der Waals surface area contributed by atoms with Gasteiger partial charge in [0, 0.05) is 0 Å². The van der Waals surface area contributed by atoms with Crippen molar-refractivity contribution in [3.8, 4) is 0 Å². The molecule has 3 rings (SSSR count). The lowest BCUT2D eigenvalue weighted by Crippen LogP contribution is -2.32. The minimum absolute atomic E-state index is 0.145. The third kappa shape index (κ3) is 8.39. The molecule has 0 spiro atoms. The summed E-state index contributed by atoms with van der Waals surface area (Å²) < 4.78 is 5.99. The Bertz CT molecular complexity index is 477. The van der Waals surface area contributed by atoms with E-state index in [4.69, 9.17) is 4.74 Å². The van der Waals surface area contributed by atoms with E-state index >= 15 is 0 Å². The highest BCUT2D eigenvalue weighted by Gasteiger charge is 2.34. The van der Waals surface area contributed by atoms with Gasteiger partial charge in [0.2, 0.25) is 0 Å². The second-order valence-corrected chi connectivity index (χ2v) is 11.5. The van der Waals surface area contributed by atoms with Crippen LogP contribution in [0, 0.1) is 29.6 Å². The van der Waals surface area contributed by atoms with Crippen LogP contribution in [0.2, 0.25) is 0 Å². The molecule has 3 aliphatic carbocycles. The maximum Gasteiger partial charge on any atom is 0.309 e. The van der Waals surface area contributed by atoms with E-state index in [9.17, 15) is 4.79 Å². The largest absolute Gasteiger partial charge is 0.462 e. The molecule has 2 nitrogen and oxygen atoms in total. The Balaban J connectivity index is 1.28. The summed E-state index contributed by atoms with van der Waals surface area (Å²) in [5.74, 6) is 4.07. The monoisotopic (exact) mass is 432 g/mol. The summed E-state index contributed by atoms with van der Waals surface area (Å²) in [7, 11) is 0. The van der Waals surface area contributed by atoms with E-state index in [0.29, 0.717) is 0 Å². The number of rotatable bonds is 11. The van der Waals surface area contributed by atoms with Crippen molar-refractivity contribution in [1.29, 1.82) is 0 Å². The first kappa shape index (κ1) is 25.1. The molecule has 3 aliphatic rings. The maximum atomic E-state index is 12.8. The molecular formula is C29H52O2. The van der Waals surface area contributed by atoms with Crippen LogP contribution >= 0.6 is 0 Å². The molecular weight excluding hydrogens is 380 g/mol. The summed E-state index contributed by atoms with van der Waals surface area (Å²) in [6, 6.07) is 0. The fraction of sp³-hybridized carbons (Fsp3) is 0.966. The van der Waals surface area contributed by atoms with Crippen molar-refractivity contribution in [3.05, 3.63) is 0 Å². The number of hydrogen-bond donors (Lipinski definition) is 0. The van der Waals surface area contributed by atoms with Crippen molar-refractivity contribution in [3.63, 3.8) is 0 Å². The Morgan fingerprint density at radius 1 is 0.613 bits per heavy atom. The Morgan fingerprint density at radius 2 is 1.13 bits per heavy atom. The molecule has 3 saturated carbocycles. The van der Waals surface area contributed by atoms with Gasteiger partial charge in [0.1, 0.15) is 6.10 Å². The van der Waals surface area contributed by atoms with Crippen LogP contribution in [-0.4, -0.2) is 12.1 Å². The fourth-order valence-electron chi connectivity index (χ4n) is 6.93. The summed E-state index contributed by atoms with van der Waals surface area (Å²) in [5.41, 5.74) is 0. The first-order chi connectivity index (χ1) is 15.2. The summed E-state index contributed by atoms with van der Waals surface area (Å²) in [4.78, 5) is 12.8. The van der Waals surface area contributed by atoms with Gasteiger partial charge in [-0.3, -0.25) is 4.79 Å². The van der Waals surface area contributed by atoms with Gasteiger partial charge >= 0.3 is 5.97 Å². The van der Waals surface area contributed by atoms with Crippen LogP contribution in [0.25, 0.3) is 0 Å². The van der Waals surface area contributed by atoms with Crippen molar-refractivity contribution >= 4 is 5.97 Å². The van der Waals surface area contributed by atoms with E-state index in [0.717, 1.165) is 49.4 Å². The first-order valence-corrected chi connectivity index (χ1v) is 14.4. The van der Waals surface area contributed by atoms with Crippen LogP contribution in [0.15, 0.2) is 0 Å².